The predicted molar refractivity (Wildman–Crippen MR) is 77.2 cm³/mol. The van der Waals surface area contributed by atoms with E-state index < -0.39 is 0 Å². The number of nitrogens with one attached hydrogen (secondary N) is 1. The summed E-state index contributed by atoms with van der Waals surface area (Å²) in [5, 5.41) is 2.74. The summed E-state index contributed by atoms with van der Waals surface area (Å²) in [5.41, 5.74) is 6.18. The molecule has 1 rings (SSSR count). The van der Waals surface area contributed by atoms with E-state index in [1.165, 1.54) is 12.1 Å². The van der Waals surface area contributed by atoms with Crippen LogP contribution in [0.4, 0.5) is 10.1 Å². The molecule has 1 aromatic carbocycles. The summed E-state index contributed by atoms with van der Waals surface area (Å²) in [6.07, 6.45) is 0.738. The number of anilines is 1. The zero-order chi connectivity index (χ0) is 14.8. The molecule has 0 heterocycles. The van der Waals surface area contributed by atoms with Gasteiger partial charge in [-0.1, -0.05) is 6.07 Å². The van der Waals surface area contributed by atoms with E-state index in [0.29, 0.717) is 31.9 Å². The van der Waals surface area contributed by atoms with Crippen molar-refractivity contribution in [2.24, 2.45) is 5.73 Å². The van der Waals surface area contributed by atoms with Gasteiger partial charge >= 0.3 is 0 Å². The minimum atomic E-state index is -0.319. The van der Waals surface area contributed by atoms with E-state index in [1.54, 1.807) is 19.2 Å². The number of ether oxygens (including phenoxy) is 1. The van der Waals surface area contributed by atoms with E-state index in [0.717, 1.165) is 6.42 Å². The van der Waals surface area contributed by atoms with Crippen LogP contribution < -0.4 is 16.0 Å². The first-order valence-electron chi connectivity index (χ1n) is 6.63. The first kappa shape index (κ1) is 16.4. The van der Waals surface area contributed by atoms with Crippen LogP contribution in [0.25, 0.3) is 0 Å². The maximum Gasteiger partial charge on any atom is 0.239 e. The molecular weight excluding hydrogens is 261 g/mol. The first-order valence-corrected chi connectivity index (χ1v) is 6.63. The lowest BCUT2D eigenvalue weighted by Crippen LogP contribution is -2.39. The summed E-state index contributed by atoms with van der Waals surface area (Å²) in [5.74, 6) is -0.441. The van der Waals surface area contributed by atoms with E-state index >= 15 is 0 Å². The van der Waals surface area contributed by atoms with E-state index in [2.05, 4.69) is 5.32 Å². The fourth-order valence-electron chi connectivity index (χ4n) is 1.78. The number of halogens is 1. The van der Waals surface area contributed by atoms with Crippen LogP contribution in [-0.2, 0) is 9.53 Å². The summed E-state index contributed by atoms with van der Waals surface area (Å²) >= 11 is 0. The van der Waals surface area contributed by atoms with E-state index in [1.807, 2.05) is 4.90 Å². The van der Waals surface area contributed by atoms with Crippen LogP contribution in [0.2, 0.25) is 0 Å². The van der Waals surface area contributed by atoms with Gasteiger partial charge in [0, 0.05) is 25.9 Å². The largest absolute Gasteiger partial charge is 0.383 e. The number of benzene rings is 1. The molecule has 0 spiro atoms. The average molecular weight is 283 g/mol. The Hall–Kier alpha value is -1.66. The zero-order valence-corrected chi connectivity index (χ0v) is 11.8. The number of hydrogen-bond donors (Lipinski definition) is 2. The number of nitrogens with zero attached hydrogens (tertiary/aromatic N) is 1. The molecule has 0 aliphatic heterocycles. The Morgan fingerprint density at radius 3 is 2.95 bits per heavy atom. The number of amides is 1. The Bertz CT molecular complexity index is 415. The Balaban J connectivity index is 2.62. The molecule has 0 bridgehead atoms. The lowest BCUT2D eigenvalue weighted by atomic mass is 10.2. The van der Waals surface area contributed by atoms with Crippen LogP contribution in [0.15, 0.2) is 24.3 Å². The van der Waals surface area contributed by atoms with Gasteiger partial charge in [0.05, 0.1) is 13.2 Å². The standard InChI is InChI=1S/C14H22FN3O2/c1-20-9-7-17-14(19)11-18(8-3-6-16)13-5-2-4-12(15)10-13/h2,4-5,10H,3,6-9,11,16H2,1H3,(H,17,19). The quantitative estimate of drug-likeness (QED) is 0.656. The monoisotopic (exact) mass is 283 g/mol. The van der Waals surface area contributed by atoms with Gasteiger partial charge in [-0.25, -0.2) is 4.39 Å². The van der Waals surface area contributed by atoms with E-state index in [9.17, 15) is 9.18 Å². The third-order valence-electron chi connectivity index (χ3n) is 2.77. The molecule has 0 aromatic heterocycles. The number of carbonyl (C=O) groups is 1. The second-order valence-electron chi connectivity index (χ2n) is 4.39. The SMILES string of the molecule is COCCNC(=O)CN(CCCN)c1cccc(F)c1. The van der Waals surface area contributed by atoms with Crippen molar-refractivity contribution >= 4 is 11.6 Å². The van der Waals surface area contributed by atoms with Gasteiger partial charge in [0.1, 0.15) is 5.82 Å². The van der Waals surface area contributed by atoms with Crippen LogP contribution in [0.3, 0.4) is 0 Å². The number of nitrogens with two attached hydrogens (primary N) is 1. The Morgan fingerprint density at radius 2 is 2.30 bits per heavy atom. The van der Waals surface area contributed by atoms with Crippen molar-refractivity contribution in [2.75, 3.05) is 44.8 Å². The highest BCUT2D eigenvalue weighted by atomic mass is 19.1. The van der Waals surface area contributed by atoms with E-state index in [-0.39, 0.29) is 18.3 Å². The molecule has 0 atom stereocenters. The minimum Gasteiger partial charge on any atom is -0.383 e. The van der Waals surface area contributed by atoms with Gasteiger partial charge in [0.15, 0.2) is 0 Å². The Labute approximate surface area is 118 Å². The van der Waals surface area contributed by atoms with E-state index in [4.69, 9.17) is 10.5 Å². The Kier molecular flexibility index (Phi) is 7.60. The van der Waals surface area contributed by atoms with Gasteiger partial charge in [-0.15, -0.1) is 0 Å². The molecule has 1 amide bonds. The van der Waals surface area contributed by atoms with Crippen LogP contribution in [-0.4, -0.2) is 45.8 Å². The summed E-state index contributed by atoms with van der Waals surface area (Å²) in [6.45, 7) is 2.24. The molecule has 6 heteroatoms. The highest BCUT2D eigenvalue weighted by Crippen LogP contribution is 2.15. The molecule has 0 unspecified atom stereocenters. The van der Waals surface area contributed by atoms with Crippen molar-refractivity contribution in [1.82, 2.24) is 5.32 Å². The van der Waals surface area contributed by atoms with Crippen LogP contribution >= 0.6 is 0 Å². The predicted octanol–water partition coefficient (Wildman–Crippen LogP) is 0.743. The zero-order valence-electron chi connectivity index (χ0n) is 11.8. The maximum absolute atomic E-state index is 13.3. The fourth-order valence-corrected chi connectivity index (χ4v) is 1.78. The van der Waals surface area contributed by atoms with Crippen molar-refractivity contribution in [1.29, 1.82) is 0 Å². The lowest BCUT2D eigenvalue weighted by molar-refractivity contribution is -0.119. The first-order chi connectivity index (χ1) is 9.67. The molecule has 20 heavy (non-hydrogen) atoms. The normalized spacial score (nSPS) is 10.3. The number of carbonyl (C=O) groups excluding carboxylic acids is 1. The van der Waals surface area contributed by atoms with Crippen molar-refractivity contribution in [3.05, 3.63) is 30.1 Å². The molecule has 0 fully saturated rings. The molecule has 5 nitrogen and oxygen atoms in total. The van der Waals surface area contributed by atoms with Crippen molar-refractivity contribution in [3.8, 4) is 0 Å². The number of hydrogen-bond acceptors (Lipinski definition) is 4. The summed E-state index contributed by atoms with van der Waals surface area (Å²) in [6, 6.07) is 6.20. The van der Waals surface area contributed by atoms with Crippen molar-refractivity contribution in [2.45, 2.75) is 6.42 Å². The molecular formula is C14H22FN3O2. The topological polar surface area (TPSA) is 67.6 Å². The van der Waals surface area contributed by atoms with Crippen LogP contribution in [0.1, 0.15) is 6.42 Å². The minimum absolute atomic E-state index is 0.122. The molecule has 3 N–H and O–H groups in total. The molecule has 1 aromatic rings. The number of rotatable bonds is 9. The highest BCUT2D eigenvalue weighted by molar-refractivity contribution is 5.81. The fraction of sp³-hybridized carbons (Fsp3) is 0.500. The molecule has 0 aliphatic carbocycles. The van der Waals surface area contributed by atoms with Gasteiger partial charge in [-0.2, -0.15) is 0 Å². The van der Waals surface area contributed by atoms with Gasteiger partial charge in [0.25, 0.3) is 0 Å². The second kappa shape index (κ2) is 9.28. The maximum atomic E-state index is 13.3. The van der Waals surface area contributed by atoms with Gasteiger partial charge in [0.2, 0.25) is 5.91 Å². The molecule has 112 valence electrons. The average Bonchev–Trinajstić information content (AvgIpc) is 2.43. The third-order valence-corrected chi connectivity index (χ3v) is 2.77. The van der Waals surface area contributed by atoms with Crippen LogP contribution in [0, 0.1) is 5.82 Å². The Morgan fingerprint density at radius 1 is 1.50 bits per heavy atom. The summed E-state index contributed by atoms with van der Waals surface area (Å²) in [7, 11) is 1.58. The van der Waals surface area contributed by atoms with Crippen LogP contribution in [0.5, 0.6) is 0 Å². The van der Waals surface area contributed by atoms with Crippen molar-refractivity contribution in [3.63, 3.8) is 0 Å². The van der Waals surface area contributed by atoms with Gasteiger partial charge in [-0.3, -0.25) is 4.79 Å². The van der Waals surface area contributed by atoms with Gasteiger partial charge in [-0.05, 0) is 31.2 Å². The summed E-state index contributed by atoms with van der Waals surface area (Å²) in [4.78, 5) is 13.6. The highest BCUT2D eigenvalue weighted by Gasteiger charge is 2.11. The molecule has 0 radical (unpaired) electrons. The second-order valence-corrected chi connectivity index (χ2v) is 4.39. The summed E-state index contributed by atoms with van der Waals surface area (Å²) < 4.78 is 18.1. The molecule has 0 aliphatic rings. The van der Waals surface area contributed by atoms with Crippen molar-refractivity contribution < 1.29 is 13.9 Å². The third kappa shape index (κ3) is 5.99. The smallest absolute Gasteiger partial charge is 0.239 e. The van der Waals surface area contributed by atoms with Gasteiger partial charge < -0.3 is 20.7 Å². The lowest BCUT2D eigenvalue weighted by Gasteiger charge is -2.24. The number of methoxy groups -OCH3 is 1. The molecule has 0 saturated heterocycles. The molecule has 0 saturated carbocycles.